The Kier molecular flexibility index (Phi) is 5.06. The van der Waals surface area contributed by atoms with Crippen molar-refractivity contribution in [2.75, 3.05) is 11.1 Å². The first-order chi connectivity index (χ1) is 16.0. The first kappa shape index (κ1) is 20.4. The van der Waals surface area contributed by atoms with E-state index in [0.29, 0.717) is 39.8 Å². The molecule has 0 radical (unpaired) electrons. The zero-order valence-electron chi connectivity index (χ0n) is 18.0. The molecule has 2 aromatic carbocycles. The van der Waals surface area contributed by atoms with Crippen molar-refractivity contribution in [2.45, 2.75) is 6.92 Å². The van der Waals surface area contributed by atoms with Gasteiger partial charge in [-0.1, -0.05) is 12.1 Å². The van der Waals surface area contributed by atoms with E-state index in [4.69, 9.17) is 10.5 Å². The van der Waals surface area contributed by atoms with Gasteiger partial charge in [0.2, 0.25) is 11.8 Å². The van der Waals surface area contributed by atoms with Crippen LogP contribution in [0.2, 0.25) is 0 Å². The van der Waals surface area contributed by atoms with Crippen LogP contribution in [0.4, 0.5) is 21.8 Å². The van der Waals surface area contributed by atoms with E-state index in [1.165, 1.54) is 6.07 Å². The molecule has 0 saturated heterocycles. The number of anilines is 3. The number of aryl methyl sites for hydroxylation is 2. The number of benzene rings is 2. The molecule has 0 spiro atoms. The average molecular weight is 441 g/mol. The normalized spacial score (nSPS) is 11.0. The third-order valence-electron chi connectivity index (χ3n) is 5.18. The lowest BCUT2D eigenvalue weighted by molar-refractivity contribution is 0.466. The number of halogens is 1. The molecule has 164 valence electrons. The average Bonchev–Trinajstić information content (AvgIpc) is 3.22. The summed E-state index contributed by atoms with van der Waals surface area (Å²) in [7, 11) is 1.80. The quantitative estimate of drug-likeness (QED) is 0.396. The van der Waals surface area contributed by atoms with Crippen LogP contribution in [0, 0.1) is 12.7 Å². The monoisotopic (exact) mass is 441 g/mol. The summed E-state index contributed by atoms with van der Waals surface area (Å²) in [5.74, 6) is 1.23. The molecular weight excluding hydrogens is 421 g/mol. The maximum atomic E-state index is 14.8. The van der Waals surface area contributed by atoms with E-state index < -0.39 is 5.82 Å². The molecule has 8 nitrogen and oxygen atoms in total. The molecule has 0 aliphatic carbocycles. The van der Waals surface area contributed by atoms with Gasteiger partial charge in [0.15, 0.2) is 5.82 Å². The van der Waals surface area contributed by atoms with Crippen LogP contribution in [-0.4, -0.2) is 24.7 Å². The van der Waals surface area contributed by atoms with Crippen molar-refractivity contribution >= 4 is 28.2 Å². The summed E-state index contributed by atoms with van der Waals surface area (Å²) >= 11 is 0. The first-order valence-electron chi connectivity index (χ1n) is 10.2. The van der Waals surface area contributed by atoms with Crippen LogP contribution >= 0.6 is 0 Å². The molecule has 3 N–H and O–H groups in total. The minimum atomic E-state index is -0.391. The molecule has 0 aliphatic heterocycles. The number of nitrogen functional groups attached to an aromatic ring is 1. The number of hydrogen-bond acceptors (Lipinski definition) is 7. The zero-order valence-corrected chi connectivity index (χ0v) is 18.0. The number of nitrogens with zero attached hydrogens (tertiary/aromatic N) is 5. The molecule has 0 saturated carbocycles. The Bertz CT molecular complexity index is 1480. The minimum absolute atomic E-state index is 0.157. The smallest absolute Gasteiger partial charge is 0.228 e. The highest BCUT2D eigenvalue weighted by molar-refractivity contribution is 6.00. The summed E-state index contributed by atoms with van der Waals surface area (Å²) in [6.07, 6.45) is 5.00. The fraction of sp³-hybridized carbons (Fsp3) is 0.0833. The molecule has 0 bridgehead atoms. The van der Waals surface area contributed by atoms with E-state index in [2.05, 4.69) is 25.4 Å². The van der Waals surface area contributed by atoms with Crippen LogP contribution in [0.5, 0.6) is 11.6 Å². The summed E-state index contributed by atoms with van der Waals surface area (Å²) in [4.78, 5) is 12.6. The molecule has 3 heterocycles. The van der Waals surface area contributed by atoms with E-state index >= 15 is 0 Å². The van der Waals surface area contributed by atoms with E-state index in [0.717, 1.165) is 10.9 Å². The van der Waals surface area contributed by atoms with Gasteiger partial charge in [0.05, 0.1) is 16.9 Å². The Morgan fingerprint density at radius 2 is 1.85 bits per heavy atom. The van der Waals surface area contributed by atoms with E-state index in [1.807, 2.05) is 25.1 Å². The van der Waals surface area contributed by atoms with Crippen molar-refractivity contribution in [1.82, 2.24) is 24.7 Å². The maximum Gasteiger partial charge on any atom is 0.228 e. The summed E-state index contributed by atoms with van der Waals surface area (Å²) in [6.45, 7) is 1.93. The minimum Gasteiger partial charge on any atom is -0.437 e. The maximum absolute atomic E-state index is 14.8. The summed E-state index contributed by atoms with van der Waals surface area (Å²) in [5, 5.41) is 8.76. The van der Waals surface area contributed by atoms with Crippen LogP contribution in [0.3, 0.4) is 0 Å². The van der Waals surface area contributed by atoms with Gasteiger partial charge in [-0.15, -0.1) is 0 Å². The number of rotatable bonds is 5. The molecule has 5 aromatic rings. The third kappa shape index (κ3) is 3.91. The van der Waals surface area contributed by atoms with Gasteiger partial charge >= 0.3 is 0 Å². The third-order valence-corrected chi connectivity index (χ3v) is 5.18. The number of fused-ring (bicyclic) bond motifs is 1. The summed E-state index contributed by atoms with van der Waals surface area (Å²) in [6, 6.07) is 14.0. The van der Waals surface area contributed by atoms with Crippen molar-refractivity contribution in [2.24, 2.45) is 7.05 Å². The molecule has 33 heavy (non-hydrogen) atoms. The number of pyridine rings is 1. The predicted octanol–water partition coefficient (Wildman–Crippen LogP) is 4.99. The van der Waals surface area contributed by atoms with E-state index in [1.54, 1.807) is 54.6 Å². The van der Waals surface area contributed by atoms with E-state index in [9.17, 15) is 4.39 Å². The Morgan fingerprint density at radius 1 is 1.00 bits per heavy atom. The second-order valence-corrected chi connectivity index (χ2v) is 7.49. The fourth-order valence-electron chi connectivity index (χ4n) is 3.62. The first-order valence-corrected chi connectivity index (χ1v) is 10.2. The van der Waals surface area contributed by atoms with Gasteiger partial charge in [-0.25, -0.2) is 19.3 Å². The van der Waals surface area contributed by atoms with Gasteiger partial charge < -0.3 is 15.8 Å². The van der Waals surface area contributed by atoms with Crippen LogP contribution in [0.15, 0.2) is 67.1 Å². The molecule has 0 unspecified atom stereocenters. The highest BCUT2D eigenvalue weighted by Gasteiger charge is 2.17. The Labute approximate surface area is 188 Å². The Morgan fingerprint density at radius 3 is 2.64 bits per heavy atom. The molecular formula is C24H20FN7O. The topological polar surface area (TPSA) is 104 Å². The Hall–Kier alpha value is -4.53. The van der Waals surface area contributed by atoms with Gasteiger partial charge in [-0.3, -0.25) is 4.68 Å². The van der Waals surface area contributed by atoms with Gasteiger partial charge in [-0.2, -0.15) is 5.10 Å². The van der Waals surface area contributed by atoms with Crippen molar-refractivity contribution in [1.29, 1.82) is 0 Å². The largest absolute Gasteiger partial charge is 0.437 e. The van der Waals surface area contributed by atoms with Gasteiger partial charge in [0, 0.05) is 42.5 Å². The molecule has 9 heteroatoms. The molecule has 0 fully saturated rings. The number of nitrogens with two attached hydrogens (primary N) is 1. The van der Waals surface area contributed by atoms with Gasteiger partial charge in [-0.05, 0) is 42.8 Å². The predicted molar refractivity (Wildman–Crippen MR) is 125 cm³/mol. The second kappa shape index (κ2) is 8.19. The summed E-state index contributed by atoms with van der Waals surface area (Å²) < 4.78 is 22.8. The summed E-state index contributed by atoms with van der Waals surface area (Å²) in [5.41, 5.74) is 8.21. The number of nitrogens with one attached hydrogen (secondary N) is 1. The van der Waals surface area contributed by atoms with Crippen molar-refractivity contribution in [3.63, 3.8) is 0 Å². The second-order valence-electron chi connectivity index (χ2n) is 7.49. The van der Waals surface area contributed by atoms with Crippen LogP contribution in [-0.2, 0) is 7.05 Å². The fourth-order valence-corrected chi connectivity index (χ4v) is 3.62. The highest BCUT2D eigenvalue weighted by Crippen LogP contribution is 2.39. The molecule has 0 aliphatic rings. The lowest BCUT2D eigenvalue weighted by Gasteiger charge is -2.16. The van der Waals surface area contributed by atoms with E-state index in [-0.39, 0.29) is 5.95 Å². The number of ether oxygens (including phenoxy) is 1. The van der Waals surface area contributed by atoms with Crippen molar-refractivity contribution in [3.05, 3.63) is 78.5 Å². The standard InChI is InChI=1S/C24H20FN7O/c1-14-5-6-15-16(7-8-18(25)21(15)30-20-10-13-32(2)31-20)22(14)33-23-17(4-3-11-27-23)19-9-12-28-24(26)29-19/h3-13H,1-2H3,(H,30,31)(H2,26,28,29). The highest BCUT2D eigenvalue weighted by atomic mass is 19.1. The zero-order chi connectivity index (χ0) is 22.9. The van der Waals surface area contributed by atoms with Crippen LogP contribution in [0.1, 0.15) is 5.56 Å². The lowest BCUT2D eigenvalue weighted by atomic mass is 10.0. The van der Waals surface area contributed by atoms with Crippen LogP contribution < -0.4 is 15.8 Å². The number of hydrogen-bond donors (Lipinski definition) is 2. The van der Waals surface area contributed by atoms with Crippen molar-refractivity contribution in [3.8, 4) is 22.9 Å². The Balaban J connectivity index is 1.62. The van der Waals surface area contributed by atoms with Crippen LogP contribution in [0.25, 0.3) is 22.0 Å². The molecule has 3 aromatic heterocycles. The molecule has 0 atom stereocenters. The molecule has 5 rings (SSSR count). The SMILES string of the molecule is Cc1ccc2c(Nc3ccn(C)n3)c(F)ccc2c1Oc1ncccc1-c1ccnc(N)n1. The van der Waals surface area contributed by atoms with Gasteiger partial charge in [0.1, 0.15) is 11.6 Å². The lowest BCUT2D eigenvalue weighted by Crippen LogP contribution is -2.00. The van der Waals surface area contributed by atoms with Crippen molar-refractivity contribution < 1.29 is 9.13 Å². The molecule has 0 amide bonds. The number of aromatic nitrogens is 5. The van der Waals surface area contributed by atoms with Gasteiger partial charge in [0.25, 0.3) is 0 Å².